The SMILES string of the molecule is CC(C)C[C@@H]1NC(=O)[C@H](CCCNC(=N)N)NC(=O)[C@H](CC(C)C)N(C)C(=O)[C@H](C)N(C)C(=O)[C@H](CCCNC(=N)N)NC(=O)[C@H](Cc2ccc(-c3ccccc3)cc2)NC(=O)[C@H](C(C)C)NC(=O)[C@H](Cc2c[nH]c3ccccc23)NC(=O)[C@H](CC(=O)O)NC(=O)[C@H](Cc2ccc(O)cc2)NC(=O)[C@H](Cc2ccccc2)NC(=O)CSC[C@@H](C(=O)NCC(N)=O)NC(=O)[C@H](CO)NC(=O)[C@H](C(C)C)NC1=O. The van der Waals surface area contributed by atoms with Crippen LogP contribution in [0.1, 0.15) is 130 Å². The number of nitrogens with one attached hydrogen (secondary N) is 18. The number of amides is 16. The third kappa shape index (κ3) is 36.5. The van der Waals surface area contributed by atoms with Crippen molar-refractivity contribution in [3.63, 3.8) is 0 Å². The Kier molecular flexibility index (Phi) is 44.8. The van der Waals surface area contributed by atoms with Crippen molar-refractivity contribution in [2.24, 2.45) is 40.9 Å². The number of aliphatic carboxylic acids is 1. The Labute approximate surface area is 822 Å². The van der Waals surface area contributed by atoms with E-state index in [1.165, 1.54) is 59.1 Å². The average molecular weight is 1980 g/mol. The topological polar surface area (TPSA) is 679 Å². The monoisotopic (exact) mass is 1970 g/mol. The normalized spacial score (nSPS) is 22.6. The molecular formula is C97H135N23O20S. The molecule has 1 aromatic heterocycles. The van der Waals surface area contributed by atoms with Gasteiger partial charge in [0.15, 0.2) is 11.9 Å². The number of phenolic OH excluding ortho intramolecular Hbond substituents is 1. The molecule has 1 aliphatic rings. The molecule has 16 amide bonds. The first-order valence-electron chi connectivity index (χ1n) is 46.6. The first-order valence-corrected chi connectivity index (χ1v) is 47.8. The fraction of sp³-hybridized carbons (Fsp3) is 0.474. The lowest BCUT2D eigenvalue weighted by atomic mass is 9.98. The summed E-state index contributed by atoms with van der Waals surface area (Å²) in [5, 5.41) is 87.1. The molecule has 141 heavy (non-hydrogen) atoms. The van der Waals surface area contributed by atoms with Crippen molar-refractivity contribution < 1.29 is 96.8 Å². The molecule has 0 radical (unpaired) electrons. The number of carboxylic acid groups (broad SMARTS) is 1. The lowest BCUT2D eigenvalue weighted by Crippen LogP contribution is -2.62. The third-order valence-electron chi connectivity index (χ3n) is 23.4. The van der Waals surface area contributed by atoms with E-state index in [-0.39, 0.29) is 94.0 Å². The second-order valence-corrected chi connectivity index (χ2v) is 37.3. The van der Waals surface area contributed by atoms with Crippen LogP contribution in [-0.2, 0) is 107 Å². The molecule has 0 bridgehead atoms. The van der Waals surface area contributed by atoms with Crippen LogP contribution in [0.15, 0.2) is 140 Å². The molecule has 44 heteroatoms. The minimum Gasteiger partial charge on any atom is -0.508 e. The highest BCUT2D eigenvalue weighted by molar-refractivity contribution is 8.00. The number of aromatic amines is 1. The molecule has 27 N–H and O–H groups in total. The summed E-state index contributed by atoms with van der Waals surface area (Å²) in [4.78, 5) is 255. The standard InChI is InChI=1S/C97H135N23O20S/c1-52(2)40-68-88(133)117-81(55(7)8)93(138)115-74(49-121)90(135)116-75(82(127)106-48-77(98)123)50-141-51-78(124)107-69(42-57-22-14-12-15-23-57)84(129)111-70(44-59-32-36-63(122)37-33-59)86(131)113-73(46-79(125)126)87(132)112-72(45-62-47-105-65-27-19-18-26-64(62)65)89(134)118-80(54(5)6)92(137)114-71(43-58-30-34-61(35-31-58)60-24-16-13-17-25-60)85(130)109-67(29-21-39-104-97(101)102)95(140)119(10)56(9)94(139)120(11)76(41-53(3)4)91(136)108-66(83(128)110-68)28-20-38-103-96(99)100/h12-19,22-27,30-37,47,52-56,66-76,80-81,105,121-122H,20-21,28-29,38-46,48-51H2,1-11H3,(H2,98,123)(H,106,127)(H,107,124)(H,108,136)(H,109,130)(H,110,128)(H,111,129)(H,112,132)(H,113,131)(H,114,137)(H,115,138)(H,116,135)(H,117,133)(H,118,134)(H,125,126)(H4,99,100,103)(H4,101,102,104)/t56-,66-,67-,68-,69-,70-,71-,72-,73-,74-,75-,76-,80-,81-/m0/s1. The molecular weight excluding hydrogens is 1840 g/mol. The van der Waals surface area contributed by atoms with Crippen LogP contribution in [0.4, 0.5) is 0 Å². The van der Waals surface area contributed by atoms with Gasteiger partial charge < -0.3 is 127 Å². The van der Waals surface area contributed by atoms with Gasteiger partial charge in [0.05, 0.1) is 25.3 Å². The Morgan fingerprint density at radius 2 is 0.879 bits per heavy atom. The van der Waals surface area contributed by atoms with Gasteiger partial charge in [0.25, 0.3) is 0 Å². The van der Waals surface area contributed by atoms with Crippen LogP contribution in [0.3, 0.4) is 0 Å². The van der Waals surface area contributed by atoms with Crippen LogP contribution in [-0.4, -0.2) is 279 Å². The number of likely N-dealkylation sites (N-methyl/N-ethyl adjacent to an activating group) is 2. The zero-order chi connectivity index (χ0) is 104. The summed E-state index contributed by atoms with van der Waals surface area (Å²) in [6.45, 7) is 12.7. The Morgan fingerprint density at radius 1 is 0.454 bits per heavy atom. The van der Waals surface area contributed by atoms with Crippen LogP contribution in [0.5, 0.6) is 5.75 Å². The van der Waals surface area contributed by atoms with Gasteiger partial charge in [0.2, 0.25) is 94.5 Å². The number of aromatic hydroxyl groups is 1. The van der Waals surface area contributed by atoms with E-state index in [1.807, 2.05) is 30.3 Å². The van der Waals surface area contributed by atoms with Gasteiger partial charge in [0, 0.05) is 75.7 Å². The fourth-order valence-corrected chi connectivity index (χ4v) is 16.4. The van der Waals surface area contributed by atoms with Crippen LogP contribution < -0.4 is 97.0 Å². The van der Waals surface area contributed by atoms with Crippen LogP contribution in [0.2, 0.25) is 0 Å². The fourth-order valence-electron chi connectivity index (χ4n) is 15.6. The Balaban J connectivity index is 1.35. The minimum absolute atomic E-state index is 0.00904. The van der Waals surface area contributed by atoms with E-state index in [9.17, 15) is 53.7 Å². The highest BCUT2D eigenvalue weighted by Gasteiger charge is 2.42. The van der Waals surface area contributed by atoms with Crippen molar-refractivity contribution in [2.45, 2.75) is 218 Å². The van der Waals surface area contributed by atoms with Crippen molar-refractivity contribution in [1.82, 2.24) is 94.5 Å². The van der Waals surface area contributed by atoms with Crippen molar-refractivity contribution >= 4 is 135 Å². The molecule has 7 rings (SSSR count). The predicted molar refractivity (Wildman–Crippen MR) is 527 cm³/mol. The van der Waals surface area contributed by atoms with E-state index in [1.54, 1.807) is 127 Å². The highest BCUT2D eigenvalue weighted by Crippen LogP contribution is 2.25. The van der Waals surface area contributed by atoms with Gasteiger partial charge in [-0.1, -0.05) is 171 Å². The number of carboxylic acids is 1. The zero-order valence-corrected chi connectivity index (χ0v) is 81.8. The summed E-state index contributed by atoms with van der Waals surface area (Å²) >= 11 is 0.707. The summed E-state index contributed by atoms with van der Waals surface area (Å²) in [5.74, 6) is -22.2. The van der Waals surface area contributed by atoms with Crippen molar-refractivity contribution in [2.75, 3.05) is 51.8 Å². The number of thioether (sulfide) groups is 1. The van der Waals surface area contributed by atoms with E-state index in [0.717, 1.165) is 20.9 Å². The van der Waals surface area contributed by atoms with Crippen molar-refractivity contribution in [3.8, 4) is 16.9 Å². The zero-order valence-electron chi connectivity index (χ0n) is 81.0. The number of nitrogens with two attached hydrogens (primary N) is 3. The minimum atomic E-state index is -2.08. The highest BCUT2D eigenvalue weighted by atomic mass is 32.2. The van der Waals surface area contributed by atoms with Crippen molar-refractivity contribution in [3.05, 3.63) is 162 Å². The summed E-state index contributed by atoms with van der Waals surface area (Å²) < 4.78 is 0. The van der Waals surface area contributed by atoms with Crippen molar-refractivity contribution in [1.29, 1.82) is 10.8 Å². The van der Waals surface area contributed by atoms with Gasteiger partial charge in [-0.25, -0.2) is 0 Å². The first kappa shape index (κ1) is 113. The average Bonchev–Trinajstić information content (AvgIpc) is 1.65. The number of rotatable bonds is 29. The number of carbonyl (C=O) groups is 17. The van der Waals surface area contributed by atoms with E-state index in [2.05, 4.69) is 84.7 Å². The maximum atomic E-state index is 15.6. The second-order valence-electron chi connectivity index (χ2n) is 36.3. The maximum absolute atomic E-state index is 15.6. The van der Waals surface area contributed by atoms with Gasteiger partial charge in [-0.2, -0.15) is 0 Å². The number of aromatic nitrogens is 1. The lowest BCUT2D eigenvalue weighted by molar-refractivity contribution is -0.149. The Morgan fingerprint density at radius 3 is 1.40 bits per heavy atom. The number of H-pyrrole nitrogens is 1. The number of guanidine groups is 2. The maximum Gasteiger partial charge on any atom is 0.305 e. The number of aliphatic hydroxyl groups excluding tert-OH is 1. The molecule has 1 fully saturated rings. The van der Waals surface area contributed by atoms with Crippen LogP contribution in [0, 0.1) is 34.5 Å². The first-order chi connectivity index (χ1) is 66.8. The molecule has 5 aromatic carbocycles. The van der Waals surface area contributed by atoms with E-state index < -0.39 is 246 Å². The third-order valence-corrected chi connectivity index (χ3v) is 24.4. The van der Waals surface area contributed by atoms with E-state index in [0.29, 0.717) is 39.4 Å². The molecule has 0 saturated carbocycles. The molecule has 1 aliphatic heterocycles. The molecule has 0 spiro atoms. The largest absolute Gasteiger partial charge is 0.508 e. The number of carbonyl (C=O) groups excluding carboxylic acids is 16. The number of nitrogens with zero attached hydrogens (tertiary/aromatic N) is 2. The Hall–Kier alpha value is -14.7. The molecule has 764 valence electrons. The number of para-hydroxylation sites is 1. The van der Waals surface area contributed by atoms with E-state index in [4.69, 9.17) is 28.0 Å². The molecule has 0 unspecified atom stereocenters. The smallest absolute Gasteiger partial charge is 0.305 e. The molecule has 43 nitrogen and oxygen atoms in total. The van der Waals surface area contributed by atoms with Crippen LogP contribution >= 0.6 is 11.8 Å². The molecule has 1 saturated heterocycles. The number of hydrogen-bond acceptors (Lipinski definition) is 22. The molecule has 0 aliphatic carbocycles. The number of phenols is 1. The number of fused-ring (bicyclic) bond motifs is 1. The van der Waals surface area contributed by atoms with Gasteiger partial charge >= 0.3 is 5.97 Å². The molecule has 2 heterocycles. The predicted octanol–water partition coefficient (Wildman–Crippen LogP) is -0.951. The summed E-state index contributed by atoms with van der Waals surface area (Å²) in [6.07, 6.45) is -1.36. The molecule has 6 aromatic rings. The molecule has 14 atom stereocenters. The van der Waals surface area contributed by atoms with Gasteiger partial charge in [-0.05, 0) is 121 Å². The van der Waals surface area contributed by atoms with Crippen LogP contribution in [0.25, 0.3) is 22.0 Å². The summed E-state index contributed by atoms with van der Waals surface area (Å²) in [6, 6.07) is 13.9. The summed E-state index contributed by atoms with van der Waals surface area (Å²) in [7, 11) is 2.60. The second kappa shape index (κ2) is 55.8. The van der Waals surface area contributed by atoms with E-state index >= 15 is 43.2 Å². The number of primary amides is 1. The number of benzene rings is 5. The number of aliphatic hydroxyl groups is 1. The number of hydrogen-bond donors (Lipinski definition) is 24. The van der Waals surface area contributed by atoms with Gasteiger partial charge in [-0.3, -0.25) is 92.3 Å². The lowest BCUT2D eigenvalue weighted by Gasteiger charge is -2.35. The Bertz CT molecular complexity index is 5340. The van der Waals surface area contributed by atoms with Gasteiger partial charge in [-0.15, -0.1) is 11.8 Å². The summed E-state index contributed by atoms with van der Waals surface area (Å²) in [5.41, 5.74) is 20.6. The quantitative estimate of drug-likeness (QED) is 0.0153. The van der Waals surface area contributed by atoms with Gasteiger partial charge in [0.1, 0.15) is 90.3 Å².